The summed E-state index contributed by atoms with van der Waals surface area (Å²) >= 11 is 0. The van der Waals surface area contributed by atoms with Crippen LogP contribution in [0, 0.1) is 5.41 Å². The largest absolute Gasteiger partial charge is 0.336 e. The molecule has 4 heteroatoms. The van der Waals surface area contributed by atoms with Crippen LogP contribution in [0.5, 0.6) is 0 Å². The lowest BCUT2D eigenvalue weighted by Crippen LogP contribution is -2.50. The molecule has 0 atom stereocenters. The summed E-state index contributed by atoms with van der Waals surface area (Å²) in [6.07, 6.45) is 4.01. The topological polar surface area (TPSA) is 28.5 Å². The molecule has 0 N–H and O–H groups in total. The predicted octanol–water partition coefficient (Wildman–Crippen LogP) is 3.28. The van der Waals surface area contributed by atoms with E-state index in [1.54, 1.807) is 0 Å². The van der Waals surface area contributed by atoms with Crippen LogP contribution in [-0.4, -0.2) is 53.0 Å². The smallest absolute Gasteiger partial charge is 0.253 e. The fourth-order valence-corrected chi connectivity index (χ4v) is 3.25. The number of hydrogen-bond donors (Lipinski definition) is 0. The van der Waals surface area contributed by atoms with Gasteiger partial charge in [0, 0.05) is 56.4 Å². The van der Waals surface area contributed by atoms with E-state index in [9.17, 15) is 4.79 Å². The summed E-state index contributed by atoms with van der Waals surface area (Å²) in [5.74, 6) is 0.143. The summed E-state index contributed by atoms with van der Waals surface area (Å²) in [7, 11) is 0. The lowest BCUT2D eigenvalue weighted by molar-refractivity contribution is 0.0592. The van der Waals surface area contributed by atoms with Crippen LogP contribution < -0.4 is 0 Å². The van der Waals surface area contributed by atoms with E-state index in [0.717, 1.165) is 44.0 Å². The molecular weight excluding hydrogens is 298 g/mol. The Morgan fingerprint density at radius 1 is 0.958 bits per heavy atom. The van der Waals surface area contributed by atoms with Crippen molar-refractivity contribution in [1.82, 2.24) is 14.4 Å². The number of carbonyl (C=O) groups excluding carboxylic acids is 1. The Kier molecular flexibility index (Phi) is 4.76. The third kappa shape index (κ3) is 4.06. The van der Waals surface area contributed by atoms with Crippen LogP contribution in [0.3, 0.4) is 0 Å². The zero-order valence-electron chi connectivity index (χ0n) is 14.9. The first kappa shape index (κ1) is 16.8. The summed E-state index contributed by atoms with van der Waals surface area (Å²) in [4.78, 5) is 17.1. The summed E-state index contributed by atoms with van der Waals surface area (Å²) in [5, 5.41) is 0. The third-order valence-electron chi connectivity index (χ3n) is 4.37. The van der Waals surface area contributed by atoms with Gasteiger partial charge >= 0.3 is 0 Å². The highest BCUT2D eigenvalue weighted by molar-refractivity contribution is 5.94. The average Bonchev–Trinajstić information content (AvgIpc) is 3.08. The molecule has 1 aromatic heterocycles. The highest BCUT2D eigenvalue weighted by Crippen LogP contribution is 2.18. The fourth-order valence-electron chi connectivity index (χ4n) is 3.25. The number of benzene rings is 1. The zero-order valence-corrected chi connectivity index (χ0v) is 14.9. The van der Waals surface area contributed by atoms with E-state index in [2.05, 4.69) is 25.7 Å². The Hall–Kier alpha value is -2.07. The van der Waals surface area contributed by atoms with Crippen molar-refractivity contribution < 1.29 is 4.79 Å². The van der Waals surface area contributed by atoms with Gasteiger partial charge in [0.25, 0.3) is 5.91 Å². The Balaban J connectivity index is 1.59. The highest BCUT2D eigenvalue weighted by atomic mass is 16.2. The van der Waals surface area contributed by atoms with Gasteiger partial charge in [-0.25, -0.2) is 0 Å². The van der Waals surface area contributed by atoms with Gasteiger partial charge in [-0.2, -0.15) is 0 Å². The molecule has 1 aliphatic heterocycles. The van der Waals surface area contributed by atoms with Gasteiger partial charge in [-0.1, -0.05) is 20.8 Å². The maximum absolute atomic E-state index is 12.7. The summed E-state index contributed by atoms with van der Waals surface area (Å²) in [6, 6.07) is 11.9. The molecular formula is C20H27N3O. The van der Waals surface area contributed by atoms with Crippen molar-refractivity contribution >= 4 is 5.91 Å². The van der Waals surface area contributed by atoms with E-state index in [1.807, 2.05) is 58.3 Å². The van der Waals surface area contributed by atoms with Crippen LogP contribution in [0.15, 0.2) is 48.8 Å². The summed E-state index contributed by atoms with van der Waals surface area (Å²) in [5.41, 5.74) is 2.15. The second-order valence-electron chi connectivity index (χ2n) is 7.77. The first-order valence-corrected chi connectivity index (χ1v) is 8.67. The van der Waals surface area contributed by atoms with Crippen molar-refractivity contribution in [2.75, 3.05) is 32.7 Å². The SMILES string of the molecule is CC(C)(C)CN1CCN(C(=O)c2ccc(-n3cccc3)cc2)CC1. The van der Waals surface area contributed by atoms with E-state index in [1.165, 1.54) is 0 Å². The van der Waals surface area contributed by atoms with Crippen LogP contribution in [0.2, 0.25) is 0 Å². The van der Waals surface area contributed by atoms with Crippen molar-refractivity contribution in [3.8, 4) is 5.69 Å². The first-order valence-electron chi connectivity index (χ1n) is 8.67. The molecule has 0 aliphatic carbocycles. The molecule has 1 aliphatic rings. The number of piperazine rings is 1. The van der Waals surface area contributed by atoms with E-state index in [-0.39, 0.29) is 5.91 Å². The predicted molar refractivity (Wildman–Crippen MR) is 97.6 cm³/mol. The van der Waals surface area contributed by atoms with Gasteiger partial charge in [0.05, 0.1) is 0 Å². The molecule has 3 rings (SSSR count). The lowest BCUT2D eigenvalue weighted by Gasteiger charge is -2.37. The maximum atomic E-state index is 12.7. The molecule has 128 valence electrons. The molecule has 1 amide bonds. The molecule has 24 heavy (non-hydrogen) atoms. The minimum Gasteiger partial charge on any atom is -0.336 e. The minimum atomic E-state index is 0.143. The molecule has 0 bridgehead atoms. The Morgan fingerprint density at radius 2 is 1.54 bits per heavy atom. The Morgan fingerprint density at radius 3 is 2.08 bits per heavy atom. The Bertz CT molecular complexity index is 660. The van der Waals surface area contributed by atoms with Gasteiger partial charge in [0.2, 0.25) is 0 Å². The number of carbonyl (C=O) groups is 1. The molecule has 1 saturated heterocycles. The summed E-state index contributed by atoms with van der Waals surface area (Å²) < 4.78 is 2.04. The van der Waals surface area contributed by atoms with Crippen molar-refractivity contribution in [3.63, 3.8) is 0 Å². The Labute approximate surface area is 144 Å². The normalized spacial score (nSPS) is 16.4. The van der Waals surface area contributed by atoms with Crippen molar-refractivity contribution in [2.24, 2.45) is 5.41 Å². The second kappa shape index (κ2) is 6.81. The van der Waals surface area contributed by atoms with E-state index >= 15 is 0 Å². The molecule has 0 unspecified atom stereocenters. The minimum absolute atomic E-state index is 0.143. The van der Waals surface area contributed by atoms with Crippen molar-refractivity contribution in [3.05, 3.63) is 54.4 Å². The summed E-state index contributed by atoms with van der Waals surface area (Å²) in [6.45, 7) is 11.4. The third-order valence-corrected chi connectivity index (χ3v) is 4.37. The van der Waals surface area contributed by atoms with Crippen molar-refractivity contribution in [1.29, 1.82) is 0 Å². The van der Waals surface area contributed by atoms with Gasteiger partial charge < -0.3 is 9.47 Å². The lowest BCUT2D eigenvalue weighted by atomic mass is 9.96. The molecule has 2 heterocycles. The molecule has 1 fully saturated rings. The number of rotatable bonds is 3. The molecule has 4 nitrogen and oxygen atoms in total. The van der Waals surface area contributed by atoms with E-state index in [0.29, 0.717) is 5.41 Å². The van der Waals surface area contributed by atoms with Gasteiger partial charge in [0.1, 0.15) is 0 Å². The number of hydrogen-bond acceptors (Lipinski definition) is 2. The van der Waals surface area contributed by atoms with Crippen LogP contribution in [0.4, 0.5) is 0 Å². The first-order chi connectivity index (χ1) is 11.4. The maximum Gasteiger partial charge on any atom is 0.253 e. The quantitative estimate of drug-likeness (QED) is 0.866. The number of nitrogens with zero attached hydrogens (tertiary/aromatic N) is 3. The van der Waals surface area contributed by atoms with Crippen LogP contribution >= 0.6 is 0 Å². The number of amides is 1. The van der Waals surface area contributed by atoms with Gasteiger partial charge in [0.15, 0.2) is 0 Å². The average molecular weight is 325 g/mol. The molecule has 0 spiro atoms. The van der Waals surface area contributed by atoms with Gasteiger partial charge in [-0.15, -0.1) is 0 Å². The standard InChI is InChI=1S/C20H27N3O/c1-20(2,3)16-21-12-14-23(15-13-21)19(24)17-6-8-18(9-7-17)22-10-4-5-11-22/h4-11H,12-16H2,1-3H3. The monoisotopic (exact) mass is 325 g/mol. The van der Waals surface area contributed by atoms with Crippen LogP contribution in [0.1, 0.15) is 31.1 Å². The molecule has 0 saturated carbocycles. The van der Waals surface area contributed by atoms with Crippen LogP contribution in [0.25, 0.3) is 5.69 Å². The zero-order chi connectivity index (χ0) is 17.2. The fraction of sp³-hybridized carbons (Fsp3) is 0.450. The van der Waals surface area contributed by atoms with E-state index < -0.39 is 0 Å². The molecule has 1 aromatic carbocycles. The molecule has 2 aromatic rings. The molecule has 0 radical (unpaired) electrons. The van der Waals surface area contributed by atoms with Gasteiger partial charge in [-0.3, -0.25) is 9.69 Å². The van der Waals surface area contributed by atoms with E-state index in [4.69, 9.17) is 0 Å². The highest BCUT2D eigenvalue weighted by Gasteiger charge is 2.24. The second-order valence-corrected chi connectivity index (χ2v) is 7.77. The number of aromatic nitrogens is 1. The van der Waals surface area contributed by atoms with Gasteiger partial charge in [-0.05, 0) is 41.8 Å². The van der Waals surface area contributed by atoms with Crippen molar-refractivity contribution in [2.45, 2.75) is 20.8 Å². The van der Waals surface area contributed by atoms with Crippen LogP contribution in [-0.2, 0) is 0 Å².